The topological polar surface area (TPSA) is 88.2 Å². The van der Waals surface area contributed by atoms with Gasteiger partial charge in [0.2, 0.25) is 24.5 Å². The minimum absolute atomic E-state index is 0.00424. The molecule has 0 aliphatic carbocycles. The molecule has 0 saturated carbocycles. The van der Waals surface area contributed by atoms with Gasteiger partial charge in [0.1, 0.15) is 11.5 Å². The van der Waals surface area contributed by atoms with Gasteiger partial charge in [0.15, 0.2) is 11.5 Å². The van der Waals surface area contributed by atoms with E-state index in [2.05, 4.69) is 5.32 Å². The summed E-state index contributed by atoms with van der Waals surface area (Å²) in [5.74, 6) is 0.697. The SMILES string of the molecule is CN1CC(=O)N2[C@H](CC3(C(=O)Nc4ccccc43)[C@H]2c2ccc3c(c2)OCO3)C1=O. The second-order valence-electron chi connectivity index (χ2n) is 8.20. The zero-order valence-electron chi connectivity index (χ0n) is 16.3. The van der Waals surface area contributed by atoms with E-state index in [1.54, 1.807) is 18.0 Å². The number of hydrogen-bond donors (Lipinski definition) is 1. The van der Waals surface area contributed by atoms with Gasteiger partial charge in [-0.05, 0) is 35.7 Å². The summed E-state index contributed by atoms with van der Waals surface area (Å²) in [6.45, 7) is 0.127. The van der Waals surface area contributed by atoms with E-state index in [0.717, 1.165) is 16.8 Å². The Bertz CT molecular complexity index is 1130. The maximum Gasteiger partial charge on any atom is 0.245 e. The molecule has 3 amide bonds. The van der Waals surface area contributed by atoms with E-state index >= 15 is 0 Å². The molecule has 1 spiro atoms. The molecule has 30 heavy (non-hydrogen) atoms. The van der Waals surface area contributed by atoms with Crippen molar-refractivity contribution < 1.29 is 23.9 Å². The summed E-state index contributed by atoms with van der Waals surface area (Å²) in [4.78, 5) is 42.7. The van der Waals surface area contributed by atoms with Crippen LogP contribution in [0.15, 0.2) is 42.5 Å². The maximum atomic E-state index is 13.5. The van der Waals surface area contributed by atoms with Crippen molar-refractivity contribution in [3.63, 3.8) is 0 Å². The lowest BCUT2D eigenvalue weighted by atomic mass is 9.72. The highest BCUT2D eigenvalue weighted by Gasteiger charge is 2.65. The number of rotatable bonds is 1. The Hall–Kier alpha value is -3.55. The molecule has 0 aromatic heterocycles. The Morgan fingerprint density at radius 2 is 1.87 bits per heavy atom. The van der Waals surface area contributed by atoms with Crippen molar-refractivity contribution >= 4 is 23.4 Å². The third-order valence-electron chi connectivity index (χ3n) is 6.69. The zero-order valence-corrected chi connectivity index (χ0v) is 16.3. The fourth-order valence-electron chi connectivity index (χ4n) is 5.41. The lowest BCUT2D eigenvalue weighted by Gasteiger charge is -2.39. The number of hydrogen-bond acceptors (Lipinski definition) is 5. The minimum atomic E-state index is -1.05. The first kappa shape index (κ1) is 17.3. The fraction of sp³-hybridized carbons (Fsp3) is 0.318. The highest BCUT2D eigenvalue weighted by Crippen LogP contribution is 2.58. The molecule has 3 atom stereocenters. The number of benzene rings is 2. The van der Waals surface area contributed by atoms with Crippen LogP contribution < -0.4 is 14.8 Å². The number of fused-ring (bicyclic) bond motifs is 4. The molecule has 6 rings (SSSR count). The number of carbonyl (C=O) groups excluding carboxylic acids is 3. The molecule has 4 aliphatic heterocycles. The van der Waals surface area contributed by atoms with Gasteiger partial charge in [-0.3, -0.25) is 14.4 Å². The van der Waals surface area contributed by atoms with Crippen LogP contribution in [0.2, 0.25) is 0 Å². The molecule has 0 bridgehead atoms. The van der Waals surface area contributed by atoms with Crippen LogP contribution in [0.25, 0.3) is 0 Å². The molecule has 2 aromatic carbocycles. The van der Waals surface area contributed by atoms with Gasteiger partial charge in [0.25, 0.3) is 0 Å². The molecule has 1 unspecified atom stereocenters. The largest absolute Gasteiger partial charge is 0.454 e. The van der Waals surface area contributed by atoms with Crippen molar-refractivity contribution in [2.45, 2.75) is 23.9 Å². The Labute approximate surface area is 172 Å². The highest BCUT2D eigenvalue weighted by atomic mass is 16.7. The molecule has 4 heterocycles. The third kappa shape index (κ3) is 2.03. The van der Waals surface area contributed by atoms with Crippen molar-refractivity contribution in [2.24, 2.45) is 0 Å². The second kappa shape index (κ2) is 5.75. The average Bonchev–Trinajstić information content (AvgIpc) is 3.42. The maximum absolute atomic E-state index is 13.5. The quantitative estimate of drug-likeness (QED) is 0.775. The number of nitrogens with one attached hydrogen (secondary N) is 1. The van der Waals surface area contributed by atoms with Gasteiger partial charge >= 0.3 is 0 Å². The summed E-state index contributed by atoms with van der Waals surface area (Å²) in [5.41, 5.74) is 1.24. The van der Waals surface area contributed by atoms with Crippen LogP contribution in [-0.2, 0) is 19.8 Å². The first-order chi connectivity index (χ1) is 14.5. The molecule has 2 saturated heterocycles. The van der Waals surface area contributed by atoms with Gasteiger partial charge in [0.05, 0.1) is 12.6 Å². The van der Waals surface area contributed by atoms with Crippen LogP contribution >= 0.6 is 0 Å². The van der Waals surface area contributed by atoms with Crippen LogP contribution in [0.5, 0.6) is 11.5 Å². The van der Waals surface area contributed by atoms with Gasteiger partial charge in [-0.25, -0.2) is 0 Å². The average molecular weight is 405 g/mol. The number of likely N-dealkylation sites (N-methyl/N-ethyl adjacent to an activating group) is 1. The van der Waals surface area contributed by atoms with Crippen LogP contribution in [0.4, 0.5) is 5.69 Å². The molecular weight excluding hydrogens is 386 g/mol. The number of nitrogens with zero attached hydrogens (tertiary/aromatic N) is 2. The smallest absolute Gasteiger partial charge is 0.245 e. The van der Waals surface area contributed by atoms with Crippen molar-refractivity contribution in [1.82, 2.24) is 9.80 Å². The number of piperazine rings is 1. The van der Waals surface area contributed by atoms with E-state index in [4.69, 9.17) is 9.47 Å². The van der Waals surface area contributed by atoms with E-state index in [0.29, 0.717) is 11.5 Å². The monoisotopic (exact) mass is 405 g/mol. The predicted molar refractivity (Wildman–Crippen MR) is 105 cm³/mol. The van der Waals surface area contributed by atoms with E-state index in [1.807, 2.05) is 36.4 Å². The van der Waals surface area contributed by atoms with E-state index < -0.39 is 17.5 Å². The summed E-state index contributed by atoms with van der Waals surface area (Å²) < 4.78 is 11.0. The standard InChI is InChI=1S/C22H19N3O5/c1-24-10-18(26)25-15(20(24)27)9-22(13-4-2-3-5-14(13)23-21(22)28)19(25)12-6-7-16-17(8-12)30-11-29-16/h2-8,15,19H,9-11H2,1H3,(H,23,28)/t15-,19-,22?/m1/s1. The molecule has 152 valence electrons. The van der Waals surface area contributed by atoms with Gasteiger partial charge in [-0.2, -0.15) is 0 Å². The summed E-state index contributed by atoms with van der Waals surface area (Å²) in [5, 5.41) is 2.98. The first-order valence-electron chi connectivity index (χ1n) is 9.87. The Morgan fingerprint density at radius 1 is 1.07 bits per heavy atom. The molecule has 2 fully saturated rings. The Morgan fingerprint density at radius 3 is 2.73 bits per heavy atom. The summed E-state index contributed by atoms with van der Waals surface area (Å²) in [7, 11) is 1.63. The molecule has 2 aromatic rings. The van der Waals surface area contributed by atoms with Crippen molar-refractivity contribution in [3.05, 3.63) is 53.6 Å². The van der Waals surface area contributed by atoms with Crippen LogP contribution in [0.1, 0.15) is 23.6 Å². The number of carbonyl (C=O) groups is 3. The number of ether oxygens (including phenoxy) is 2. The summed E-state index contributed by atoms with van der Waals surface area (Å²) in [6, 6.07) is 11.7. The normalized spacial score (nSPS) is 28.8. The van der Waals surface area contributed by atoms with E-state index in [9.17, 15) is 14.4 Å². The third-order valence-corrected chi connectivity index (χ3v) is 6.69. The zero-order chi connectivity index (χ0) is 20.6. The van der Waals surface area contributed by atoms with Crippen molar-refractivity contribution in [2.75, 3.05) is 25.7 Å². The second-order valence-corrected chi connectivity index (χ2v) is 8.20. The summed E-state index contributed by atoms with van der Waals surface area (Å²) >= 11 is 0. The lowest BCUT2D eigenvalue weighted by Crippen LogP contribution is -2.56. The molecule has 4 aliphatic rings. The summed E-state index contributed by atoms with van der Waals surface area (Å²) in [6.07, 6.45) is 0.240. The Kier molecular flexibility index (Phi) is 3.32. The number of anilines is 1. The van der Waals surface area contributed by atoms with Crippen molar-refractivity contribution in [3.8, 4) is 11.5 Å². The number of amides is 3. The van der Waals surface area contributed by atoms with Gasteiger partial charge in [-0.1, -0.05) is 24.3 Å². The fourth-order valence-corrected chi connectivity index (χ4v) is 5.41. The Balaban J connectivity index is 1.59. The van der Waals surface area contributed by atoms with E-state index in [1.165, 1.54) is 4.90 Å². The van der Waals surface area contributed by atoms with Gasteiger partial charge in [-0.15, -0.1) is 0 Å². The minimum Gasteiger partial charge on any atom is -0.454 e. The van der Waals surface area contributed by atoms with Crippen molar-refractivity contribution in [1.29, 1.82) is 0 Å². The predicted octanol–water partition coefficient (Wildman–Crippen LogP) is 1.42. The van der Waals surface area contributed by atoms with Crippen LogP contribution in [0.3, 0.4) is 0 Å². The molecular formula is C22H19N3O5. The molecule has 8 nitrogen and oxygen atoms in total. The molecule has 0 radical (unpaired) electrons. The molecule has 1 N–H and O–H groups in total. The van der Waals surface area contributed by atoms with Crippen LogP contribution in [0, 0.1) is 0 Å². The van der Waals surface area contributed by atoms with E-state index in [-0.39, 0.29) is 37.5 Å². The first-order valence-corrected chi connectivity index (χ1v) is 9.87. The number of para-hydroxylation sites is 1. The molecule has 8 heteroatoms. The van der Waals surface area contributed by atoms with Crippen LogP contribution in [-0.4, -0.2) is 53.9 Å². The highest BCUT2D eigenvalue weighted by molar-refractivity contribution is 6.09. The van der Waals surface area contributed by atoms with Gasteiger partial charge < -0.3 is 24.6 Å². The lowest BCUT2D eigenvalue weighted by molar-refractivity contribution is -0.154. The van der Waals surface area contributed by atoms with Gasteiger partial charge in [0, 0.05) is 12.7 Å².